The van der Waals surface area contributed by atoms with Gasteiger partial charge in [-0.3, -0.25) is 9.69 Å². The number of benzene rings is 1. The Labute approximate surface area is 179 Å². The largest absolute Gasteiger partial charge is 0.347 e. The summed E-state index contributed by atoms with van der Waals surface area (Å²) in [6, 6.07) is 18.0. The first-order valence-electron chi connectivity index (χ1n) is 9.85. The Kier molecular flexibility index (Phi) is 6.32. The highest BCUT2D eigenvalue weighted by molar-refractivity contribution is 7.14. The quantitative estimate of drug-likeness (QED) is 0.566. The van der Waals surface area contributed by atoms with E-state index in [0.29, 0.717) is 29.7 Å². The summed E-state index contributed by atoms with van der Waals surface area (Å²) in [6.07, 6.45) is 2.07. The molecular formula is C22H22N6OS. The summed E-state index contributed by atoms with van der Waals surface area (Å²) in [4.78, 5) is 23.6. The van der Waals surface area contributed by atoms with Gasteiger partial charge in [0.2, 0.25) is 0 Å². The molecule has 4 rings (SSSR count). The van der Waals surface area contributed by atoms with Crippen molar-refractivity contribution in [1.29, 1.82) is 5.26 Å². The molecule has 152 valence electrons. The second-order valence-electron chi connectivity index (χ2n) is 7.07. The van der Waals surface area contributed by atoms with Gasteiger partial charge in [-0.2, -0.15) is 5.26 Å². The molecule has 0 aliphatic carbocycles. The van der Waals surface area contributed by atoms with Crippen molar-refractivity contribution in [3.8, 4) is 6.07 Å². The van der Waals surface area contributed by atoms with Crippen LogP contribution in [0.15, 0.2) is 53.9 Å². The van der Waals surface area contributed by atoms with Gasteiger partial charge in [-0.15, -0.1) is 11.3 Å². The normalized spacial score (nSPS) is 16.2. The van der Waals surface area contributed by atoms with Crippen LogP contribution in [0.1, 0.15) is 40.6 Å². The van der Waals surface area contributed by atoms with Gasteiger partial charge in [0.05, 0.1) is 24.3 Å². The number of rotatable bonds is 7. The van der Waals surface area contributed by atoms with Crippen LogP contribution in [0.3, 0.4) is 0 Å². The summed E-state index contributed by atoms with van der Waals surface area (Å²) >= 11 is 1.36. The second-order valence-corrected chi connectivity index (χ2v) is 7.92. The zero-order valence-electron chi connectivity index (χ0n) is 16.4. The van der Waals surface area contributed by atoms with Crippen LogP contribution in [0, 0.1) is 11.3 Å². The monoisotopic (exact) mass is 418 g/mol. The lowest BCUT2D eigenvalue weighted by Gasteiger charge is -2.21. The molecule has 7 nitrogen and oxygen atoms in total. The number of amides is 1. The SMILES string of the molecule is N#CCN1CCC[C@@H]1c1cccc(Nc2nc(C(=O)NCc3ccccc3)cs2)n1. The number of hydrogen-bond donors (Lipinski definition) is 2. The number of nitrogens with zero attached hydrogens (tertiary/aromatic N) is 4. The van der Waals surface area contributed by atoms with Gasteiger partial charge >= 0.3 is 0 Å². The third-order valence-corrected chi connectivity index (χ3v) is 5.77. The Balaban J connectivity index is 1.39. The van der Waals surface area contributed by atoms with E-state index in [1.807, 2.05) is 48.5 Å². The topological polar surface area (TPSA) is 93.9 Å². The Morgan fingerprint density at radius 3 is 2.90 bits per heavy atom. The number of carbonyl (C=O) groups is 1. The number of pyridine rings is 1. The molecule has 0 unspecified atom stereocenters. The summed E-state index contributed by atoms with van der Waals surface area (Å²) in [5.74, 6) is 0.477. The van der Waals surface area contributed by atoms with Crippen molar-refractivity contribution in [2.45, 2.75) is 25.4 Å². The van der Waals surface area contributed by atoms with E-state index in [1.54, 1.807) is 5.38 Å². The van der Waals surface area contributed by atoms with Crippen LogP contribution in [0.4, 0.5) is 10.9 Å². The van der Waals surface area contributed by atoms with E-state index in [4.69, 9.17) is 10.2 Å². The molecule has 8 heteroatoms. The Morgan fingerprint density at radius 1 is 1.20 bits per heavy atom. The summed E-state index contributed by atoms with van der Waals surface area (Å²) in [5, 5.41) is 17.5. The molecule has 1 aliphatic rings. The highest BCUT2D eigenvalue weighted by Crippen LogP contribution is 2.31. The number of likely N-dealkylation sites (tertiary alicyclic amines) is 1. The van der Waals surface area contributed by atoms with Gasteiger partial charge in [-0.1, -0.05) is 36.4 Å². The highest BCUT2D eigenvalue weighted by Gasteiger charge is 2.26. The lowest BCUT2D eigenvalue weighted by atomic mass is 10.1. The van der Waals surface area contributed by atoms with Gasteiger partial charge in [-0.05, 0) is 37.1 Å². The lowest BCUT2D eigenvalue weighted by Crippen LogP contribution is -2.24. The van der Waals surface area contributed by atoms with Gasteiger partial charge in [-0.25, -0.2) is 9.97 Å². The van der Waals surface area contributed by atoms with Crippen molar-refractivity contribution in [2.24, 2.45) is 0 Å². The van der Waals surface area contributed by atoms with Crippen LogP contribution in [0.25, 0.3) is 0 Å². The Hall–Kier alpha value is -3.28. The molecule has 1 atom stereocenters. The minimum atomic E-state index is -0.206. The van der Waals surface area contributed by atoms with Gasteiger partial charge in [0.25, 0.3) is 5.91 Å². The first-order chi connectivity index (χ1) is 14.7. The third-order valence-electron chi connectivity index (χ3n) is 5.02. The zero-order chi connectivity index (χ0) is 20.8. The smallest absolute Gasteiger partial charge is 0.271 e. The van der Waals surface area contributed by atoms with E-state index in [1.165, 1.54) is 11.3 Å². The van der Waals surface area contributed by atoms with Crippen molar-refractivity contribution in [1.82, 2.24) is 20.2 Å². The van der Waals surface area contributed by atoms with Crippen molar-refractivity contribution in [3.63, 3.8) is 0 Å². The summed E-state index contributed by atoms with van der Waals surface area (Å²) < 4.78 is 0. The summed E-state index contributed by atoms with van der Waals surface area (Å²) in [5.41, 5.74) is 2.37. The molecule has 1 aliphatic heterocycles. The minimum Gasteiger partial charge on any atom is -0.347 e. The molecule has 1 saturated heterocycles. The van der Waals surface area contributed by atoms with E-state index >= 15 is 0 Å². The Bertz CT molecular complexity index is 1050. The average molecular weight is 419 g/mol. The molecule has 0 radical (unpaired) electrons. The predicted octanol–water partition coefficient (Wildman–Crippen LogP) is 3.87. The van der Waals surface area contributed by atoms with Crippen LogP contribution in [-0.2, 0) is 6.54 Å². The van der Waals surface area contributed by atoms with Crippen molar-refractivity contribution in [2.75, 3.05) is 18.4 Å². The fourth-order valence-corrected chi connectivity index (χ4v) is 4.26. The number of thiazole rings is 1. The molecular weight excluding hydrogens is 396 g/mol. The first kappa shape index (κ1) is 20.0. The minimum absolute atomic E-state index is 0.169. The van der Waals surface area contributed by atoms with Gasteiger partial charge in [0.15, 0.2) is 5.13 Å². The molecule has 0 bridgehead atoms. The number of anilines is 2. The van der Waals surface area contributed by atoms with E-state index < -0.39 is 0 Å². The first-order valence-corrected chi connectivity index (χ1v) is 10.7. The molecule has 0 saturated carbocycles. The van der Waals surface area contributed by atoms with E-state index in [9.17, 15) is 4.79 Å². The van der Waals surface area contributed by atoms with Crippen LogP contribution in [-0.4, -0.2) is 33.9 Å². The molecule has 3 aromatic rings. The standard InChI is InChI=1S/C22H22N6OS/c23-11-13-28-12-5-9-19(28)17-8-4-10-20(25-17)27-22-26-18(15-30-22)21(29)24-14-16-6-2-1-3-7-16/h1-4,6-8,10,15,19H,5,9,12-14H2,(H,24,29)(H,25,26,27)/t19-/m1/s1. The number of hydrogen-bond acceptors (Lipinski definition) is 7. The molecule has 3 heterocycles. The maximum absolute atomic E-state index is 12.4. The molecule has 1 amide bonds. The van der Waals surface area contributed by atoms with E-state index in [-0.39, 0.29) is 11.9 Å². The number of aromatic nitrogens is 2. The van der Waals surface area contributed by atoms with Crippen LogP contribution >= 0.6 is 11.3 Å². The summed E-state index contributed by atoms with van der Waals surface area (Å²) in [6.45, 7) is 1.80. The molecule has 30 heavy (non-hydrogen) atoms. The van der Waals surface area contributed by atoms with E-state index in [0.717, 1.165) is 30.6 Å². The maximum Gasteiger partial charge on any atom is 0.271 e. The van der Waals surface area contributed by atoms with Gasteiger partial charge < -0.3 is 10.6 Å². The highest BCUT2D eigenvalue weighted by atomic mass is 32.1. The zero-order valence-corrected chi connectivity index (χ0v) is 17.2. The van der Waals surface area contributed by atoms with Gasteiger partial charge in [0, 0.05) is 11.9 Å². The molecule has 0 spiro atoms. The number of carbonyl (C=O) groups excluding carboxylic acids is 1. The Morgan fingerprint density at radius 2 is 2.07 bits per heavy atom. The second kappa shape index (κ2) is 9.48. The van der Waals surface area contributed by atoms with Crippen molar-refractivity contribution < 1.29 is 4.79 Å². The number of nitrogens with one attached hydrogen (secondary N) is 2. The van der Waals surface area contributed by atoms with Crippen LogP contribution in [0.5, 0.6) is 0 Å². The molecule has 1 fully saturated rings. The average Bonchev–Trinajstić information content (AvgIpc) is 3.43. The maximum atomic E-state index is 12.4. The predicted molar refractivity (Wildman–Crippen MR) is 116 cm³/mol. The molecule has 1 aromatic carbocycles. The van der Waals surface area contributed by atoms with Crippen molar-refractivity contribution in [3.05, 3.63) is 70.9 Å². The fourth-order valence-electron chi connectivity index (χ4n) is 3.56. The van der Waals surface area contributed by atoms with Gasteiger partial charge in [0.1, 0.15) is 11.5 Å². The van der Waals surface area contributed by atoms with Crippen LogP contribution < -0.4 is 10.6 Å². The summed E-state index contributed by atoms with van der Waals surface area (Å²) in [7, 11) is 0. The third kappa shape index (κ3) is 4.82. The number of nitriles is 1. The van der Waals surface area contributed by atoms with Crippen molar-refractivity contribution >= 4 is 28.2 Å². The molecule has 2 N–H and O–H groups in total. The van der Waals surface area contributed by atoms with Crippen LogP contribution in [0.2, 0.25) is 0 Å². The van der Waals surface area contributed by atoms with E-state index in [2.05, 4.69) is 26.6 Å². The lowest BCUT2D eigenvalue weighted by molar-refractivity contribution is 0.0946. The molecule has 2 aromatic heterocycles. The fraction of sp³-hybridized carbons (Fsp3) is 0.273.